The fourth-order valence-electron chi connectivity index (χ4n) is 2.91. The number of aliphatic carboxylic acids is 1. The van der Waals surface area contributed by atoms with Crippen molar-refractivity contribution in [1.82, 2.24) is 5.32 Å². The van der Waals surface area contributed by atoms with Crippen molar-refractivity contribution in [2.24, 2.45) is 0 Å². The summed E-state index contributed by atoms with van der Waals surface area (Å²) in [6.07, 6.45) is 3.09. The number of hydrogen-bond donors (Lipinski definition) is 2. The lowest BCUT2D eigenvalue weighted by atomic mass is 10.1. The molecule has 0 bridgehead atoms. The quantitative estimate of drug-likeness (QED) is 0.721. The Balaban J connectivity index is 1.89. The molecule has 0 spiro atoms. The second-order valence-electron chi connectivity index (χ2n) is 6.25. The van der Waals surface area contributed by atoms with Gasteiger partial charge in [0.2, 0.25) is 5.91 Å². The van der Waals surface area contributed by atoms with Crippen LogP contribution in [0.15, 0.2) is 24.3 Å². The van der Waals surface area contributed by atoms with Crippen LogP contribution in [0.25, 0.3) is 0 Å². The van der Waals surface area contributed by atoms with Crippen LogP contribution in [-0.2, 0) is 19.4 Å². The van der Waals surface area contributed by atoms with Crippen molar-refractivity contribution >= 4 is 21.7 Å². The van der Waals surface area contributed by atoms with Crippen molar-refractivity contribution in [3.8, 4) is 5.75 Å². The summed E-state index contributed by atoms with van der Waals surface area (Å²) in [5.74, 6) is -1.64. The van der Waals surface area contributed by atoms with E-state index in [9.17, 15) is 18.0 Å². The molecule has 1 unspecified atom stereocenters. The zero-order valence-electron chi connectivity index (χ0n) is 14.1. The molecule has 0 aromatic heterocycles. The SMILES string of the molecule is CC(NC(=O)CS(=O)(=O)C1CCCC1)c1ccc(OCC(=O)O)cc1. The largest absolute Gasteiger partial charge is 0.482 e. The average molecular weight is 369 g/mol. The highest BCUT2D eigenvalue weighted by Gasteiger charge is 2.30. The summed E-state index contributed by atoms with van der Waals surface area (Å²) >= 11 is 0. The lowest BCUT2D eigenvalue weighted by Gasteiger charge is -2.16. The molecule has 0 aliphatic heterocycles. The maximum atomic E-state index is 12.2. The van der Waals surface area contributed by atoms with Crippen molar-refractivity contribution in [3.05, 3.63) is 29.8 Å². The molecule has 1 fully saturated rings. The Kier molecular flexibility index (Phi) is 6.41. The Bertz CT molecular complexity index is 707. The van der Waals surface area contributed by atoms with Crippen LogP contribution in [0.5, 0.6) is 5.75 Å². The van der Waals surface area contributed by atoms with Gasteiger partial charge < -0.3 is 15.2 Å². The molecule has 0 saturated heterocycles. The van der Waals surface area contributed by atoms with Crippen LogP contribution < -0.4 is 10.1 Å². The molecule has 1 aromatic rings. The fourth-order valence-corrected chi connectivity index (χ4v) is 4.65. The van der Waals surface area contributed by atoms with E-state index in [1.165, 1.54) is 0 Å². The van der Waals surface area contributed by atoms with Crippen LogP contribution in [0.3, 0.4) is 0 Å². The highest BCUT2D eigenvalue weighted by atomic mass is 32.2. The smallest absolute Gasteiger partial charge is 0.341 e. The minimum Gasteiger partial charge on any atom is -0.482 e. The Morgan fingerprint density at radius 2 is 1.84 bits per heavy atom. The number of carboxylic acid groups (broad SMARTS) is 1. The third-order valence-electron chi connectivity index (χ3n) is 4.26. The number of sulfone groups is 1. The maximum Gasteiger partial charge on any atom is 0.341 e. The first kappa shape index (κ1) is 19.2. The third-order valence-corrected chi connectivity index (χ3v) is 6.41. The first-order chi connectivity index (χ1) is 11.8. The van der Waals surface area contributed by atoms with Crippen molar-refractivity contribution < 1.29 is 27.9 Å². The highest BCUT2D eigenvalue weighted by Crippen LogP contribution is 2.25. The molecular weight excluding hydrogens is 346 g/mol. The molecule has 1 aromatic carbocycles. The average Bonchev–Trinajstić information content (AvgIpc) is 3.08. The molecule has 2 N–H and O–H groups in total. The van der Waals surface area contributed by atoms with Crippen molar-refractivity contribution in [3.63, 3.8) is 0 Å². The van der Waals surface area contributed by atoms with Crippen LogP contribution in [0.4, 0.5) is 0 Å². The number of hydrogen-bond acceptors (Lipinski definition) is 5. The van der Waals surface area contributed by atoms with E-state index in [0.29, 0.717) is 18.6 Å². The zero-order chi connectivity index (χ0) is 18.4. The van der Waals surface area contributed by atoms with E-state index in [2.05, 4.69) is 5.32 Å². The van der Waals surface area contributed by atoms with Gasteiger partial charge in [0.25, 0.3) is 0 Å². The van der Waals surface area contributed by atoms with E-state index in [1.807, 2.05) is 0 Å². The third kappa shape index (κ3) is 5.74. The number of carboxylic acids is 1. The van der Waals surface area contributed by atoms with E-state index < -0.39 is 34.1 Å². The molecule has 0 heterocycles. The van der Waals surface area contributed by atoms with Crippen LogP contribution in [0, 0.1) is 0 Å². The number of benzene rings is 1. The van der Waals surface area contributed by atoms with Gasteiger partial charge in [-0.25, -0.2) is 13.2 Å². The maximum absolute atomic E-state index is 12.2. The first-order valence-electron chi connectivity index (χ1n) is 8.23. The van der Waals surface area contributed by atoms with Gasteiger partial charge in [-0.15, -0.1) is 0 Å². The van der Waals surface area contributed by atoms with E-state index in [1.54, 1.807) is 31.2 Å². The number of carbonyl (C=O) groups excluding carboxylic acids is 1. The molecule has 1 saturated carbocycles. The molecule has 8 heteroatoms. The van der Waals surface area contributed by atoms with E-state index >= 15 is 0 Å². The van der Waals surface area contributed by atoms with E-state index in [-0.39, 0.29) is 11.3 Å². The lowest BCUT2D eigenvalue weighted by molar-refractivity contribution is -0.139. The summed E-state index contributed by atoms with van der Waals surface area (Å²) in [6.45, 7) is 1.33. The van der Waals surface area contributed by atoms with Gasteiger partial charge in [-0.05, 0) is 37.5 Å². The van der Waals surface area contributed by atoms with E-state index in [4.69, 9.17) is 9.84 Å². The molecule has 25 heavy (non-hydrogen) atoms. The molecule has 1 aliphatic rings. The first-order valence-corrected chi connectivity index (χ1v) is 9.95. The number of amides is 1. The summed E-state index contributed by atoms with van der Waals surface area (Å²) in [7, 11) is -3.40. The second kappa shape index (κ2) is 8.33. The summed E-state index contributed by atoms with van der Waals surface area (Å²) in [5.41, 5.74) is 0.772. The van der Waals surface area contributed by atoms with Crippen LogP contribution in [0.2, 0.25) is 0 Å². The second-order valence-corrected chi connectivity index (χ2v) is 8.54. The number of ether oxygens (including phenoxy) is 1. The number of carbonyl (C=O) groups is 2. The molecule has 1 atom stereocenters. The minimum absolute atomic E-state index is 0.361. The number of rotatable bonds is 8. The van der Waals surface area contributed by atoms with Gasteiger partial charge in [0.15, 0.2) is 16.4 Å². The van der Waals surface area contributed by atoms with Gasteiger partial charge in [0, 0.05) is 0 Å². The number of nitrogens with one attached hydrogen (secondary N) is 1. The molecule has 7 nitrogen and oxygen atoms in total. The van der Waals surface area contributed by atoms with Crippen molar-refractivity contribution in [2.45, 2.75) is 43.9 Å². The zero-order valence-corrected chi connectivity index (χ0v) is 14.9. The normalized spacial score (nSPS) is 16.4. The summed E-state index contributed by atoms with van der Waals surface area (Å²) < 4.78 is 29.5. The van der Waals surface area contributed by atoms with Gasteiger partial charge in [-0.1, -0.05) is 25.0 Å². The van der Waals surface area contributed by atoms with Crippen LogP contribution in [0.1, 0.15) is 44.2 Å². The van der Waals surface area contributed by atoms with Crippen LogP contribution >= 0.6 is 0 Å². The highest BCUT2D eigenvalue weighted by molar-refractivity contribution is 7.92. The van der Waals surface area contributed by atoms with Crippen LogP contribution in [-0.4, -0.2) is 43.0 Å². The van der Waals surface area contributed by atoms with Crippen molar-refractivity contribution in [1.29, 1.82) is 0 Å². The van der Waals surface area contributed by atoms with Gasteiger partial charge in [-0.2, -0.15) is 0 Å². The van der Waals surface area contributed by atoms with Gasteiger partial charge in [-0.3, -0.25) is 4.79 Å². The Morgan fingerprint density at radius 3 is 2.40 bits per heavy atom. The Labute approximate surface area is 147 Å². The van der Waals surface area contributed by atoms with Gasteiger partial charge >= 0.3 is 5.97 Å². The molecule has 1 amide bonds. The topological polar surface area (TPSA) is 110 Å². The predicted octanol–water partition coefficient (Wildman–Crippen LogP) is 1.68. The molecular formula is C17H23NO6S. The Morgan fingerprint density at radius 1 is 1.24 bits per heavy atom. The molecule has 0 radical (unpaired) electrons. The summed E-state index contributed by atoms with van der Waals surface area (Å²) in [6, 6.07) is 6.26. The summed E-state index contributed by atoms with van der Waals surface area (Å²) in [4.78, 5) is 22.5. The monoisotopic (exact) mass is 369 g/mol. The Hall–Kier alpha value is -2.09. The summed E-state index contributed by atoms with van der Waals surface area (Å²) in [5, 5.41) is 10.9. The molecule has 1 aliphatic carbocycles. The van der Waals surface area contributed by atoms with Crippen molar-refractivity contribution in [2.75, 3.05) is 12.4 Å². The fraction of sp³-hybridized carbons (Fsp3) is 0.529. The lowest BCUT2D eigenvalue weighted by Crippen LogP contribution is -2.35. The molecule has 138 valence electrons. The predicted molar refractivity (Wildman–Crippen MR) is 92.2 cm³/mol. The van der Waals surface area contributed by atoms with Gasteiger partial charge in [0.05, 0.1) is 11.3 Å². The van der Waals surface area contributed by atoms with E-state index in [0.717, 1.165) is 18.4 Å². The standard InChI is InChI=1S/C17H23NO6S/c1-12(13-6-8-14(9-7-13)24-10-17(20)21)18-16(19)11-25(22,23)15-4-2-3-5-15/h6-9,12,15H,2-5,10-11H2,1H3,(H,18,19)(H,20,21). The molecule has 2 rings (SSSR count). The minimum atomic E-state index is -3.40. The van der Waals surface area contributed by atoms with Gasteiger partial charge in [0.1, 0.15) is 11.5 Å².